The number of rotatable bonds is 4. The van der Waals surface area contributed by atoms with Gasteiger partial charge >= 0.3 is 0 Å². The average Bonchev–Trinajstić information content (AvgIpc) is 2.93. The maximum Gasteiger partial charge on any atom is 0.200 e. The van der Waals surface area contributed by atoms with Crippen LogP contribution in [0.5, 0.6) is 5.75 Å². The van der Waals surface area contributed by atoms with E-state index in [4.69, 9.17) is 4.74 Å². The zero-order valence-corrected chi connectivity index (χ0v) is 11.7. The fraction of sp³-hybridized carbons (Fsp3) is 0.278. The number of aryl methyl sites for hydroxylation is 3. The number of ether oxygens (including phenoxy) is 1. The van der Waals surface area contributed by atoms with Crippen molar-refractivity contribution in [3.63, 3.8) is 0 Å². The number of benzene rings is 2. The zero-order chi connectivity index (χ0) is 13.9. The molecule has 0 N–H and O–H groups in total. The Morgan fingerprint density at radius 1 is 1.05 bits per heavy atom. The Hall–Kier alpha value is -2.09. The van der Waals surface area contributed by atoms with Gasteiger partial charge < -0.3 is 4.74 Å². The van der Waals surface area contributed by atoms with Gasteiger partial charge in [-0.05, 0) is 55.5 Å². The third-order valence-electron chi connectivity index (χ3n) is 3.81. The lowest BCUT2D eigenvalue weighted by molar-refractivity contribution is 0.0921. The van der Waals surface area contributed by atoms with Crippen molar-refractivity contribution in [2.75, 3.05) is 6.61 Å². The summed E-state index contributed by atoms with van der Waals surface area (Å²) in [5, 5.41) is 0. The van der Waals surface area contributed by atoms with Gasteiger partial charge in [-0.15, -0.1) is 0 Å². The summed E-state index contributed by atoms with van der Waals surface area (Å²) in [5.74, 6) is 0.783. The summed E-state index contributed by atoms with van der Waals surface area (Å²) >= 11 is 0. The molecule has 1 aliphatic carbocycles. The van der Waals surface area contributed by atoms with Crippen LogP contribution >= 0.6 is 0 Å². The van der Waals surface area contributed by atoms with Crippen LogP contribution in [-0.2, 0) is 12.8 Å². The van der Waals surface area contributed by atoms with Gasteiger partial charge in [0.1, 0.15) is 5.75 Å². The lowest BCUT2D eigenvalue weighted by Gasteiger charge is -2.07. The normalized spacial score (nSPS) is 13.1. The second-order valence-electron chi connectivity index (χ2n) is 5.36. The third-order valence-corrected chi connectivity index (χ3v) is 3.81. The van der Waals surface area contributed by atoms with Crippen molar-refractivity contribution in [1.29, 1.82) is 0 Å². The van der Waals surface area contributed by atoms with E-state index in [1.807, 2.05) is 43.3 Å². The smallest absolute Gasteiger partial charge is 0.200 e. The van der Waals surface area contributed by atoms with Crippen LogP contribution in [0.15, 0.2) is 42.5 Å². The predicted molar refractivity (Wildman–Crippen MR) is 79.5 cm³/mol. The van der Waals surface area contributed by atoms with Gasteiger partial charge in [-0.1, -0.05) is 29.8 Å². The molecule has 2 heteroatoms. The Kier molecular flexibility index (Phi) is 3.55. The molecule has 0 aliphatic heterocycles. The SMILES string of the molecule is Cc1ccc(OCC(=O)c2ccc3c(c2)CCC3)cc1. The van der Waals surface area contributed by atoms with E-state index in [9.17, 15) is 4.79 Å². The molecule has 0 radical (unpaired) electrons. The van der Waals surface area contributed by atoms with Crippen molar-refractivity contribution in [2.45, 2.75) is 26.2 Å². The van der Waals surface area contributed by atoms with Crippen molar-refractivity contribution in [2.24, 2.45) is 0 Å². The summed E-state index contributed by atoms with van der Waals surface area (Å²) in [4.78, 5) is 12.2. The zero-order valence-electron chi connectivity index (χ0n) is 11.7. The van der Waals surface area contributed by atoms with E-state index in [2.05, 4.69) is 6.07 Å². The molecule has 3 rings (SSSR count). The molecule has 0 aromatic heterocycles. The highest BCUT2D eigenvalue weighted by Crippen LogP contribution is 2.23. The second-order valence-corrected chi connectivity index (χ2v) is 5.36. The van der Waals surface area contributed by atoms with Gasteiger partial charge in [-0.3, -0.25) is 4.79 Å². The van der Waals surface area contributed by atoms with Crippen LogP contribution < -0.4 is 4.74 Å². The van der Waals surface area contributed by atoms with Crippen LogP contribution in [0.1, 0.15) is 33.5 Å². The highest BCUT2D eigenvalue weighted by Gasteiger charge is 2.14. The van der Waals surface area contributed by atoms with Crippen LogP contribution in [0.3, 0.4) is 0 Å². The minimum absolute atomic E-state index is 0.0419. The van der Waals surface area contributed by atoms with Crippen molar-refractivity contribution in [1.82, 2.24) is 0 Å². The average molecular weight is 266 g/mol. The second kappa shape index (κ2) is 5.49. The van der Waals surface area contributed by atoms with Gasteiger partial charge in [0, 0.05) is 5.56 Å². The predicted octanol–water partition coefficient (Wildman–Crippen LogP) is 3.75. The van der Waals surface area contributed by atoms with Crippen LogP contribution in [0, 0.1) is 6.92 Å². The molecule has 0 bridgehead atoms. The van der Waals surface area contributed by atoms with Gasteiger partial charge in [-0.25, -0.2) is 0 Å². The molecule has 2 aromatic carbocycles. The first kappa shape index (κ1) is 12.9. The Labute approximate surface area is 119 Å². The molecule has 2 aromatic rings. The molecule has 0 saturated carbocycles. The van der Waals surface area contributed by atoms with Crippen molar-refractivity contribution in [3.05, 3.63) is 64.7 Å². The van der Waals surface area contributed by atoms with E-state index in [1.54, 1.807) is 0 Å². The van der Waals surface area contributed by atoms with E-state index in [0.717, 1.165) is 24.2 Å². The molecule has 102 valence electrons. The monoisotopic (exact) mass is 266 g/mol. The molecular formula is C18H18O2. The van der Waals surface area contributed by atoms with Gasteiger partial charge in [0.2, 0.25) is 0 Å². The first-order chi connectivity index (χ1) is 9.72. The van der Waals surface area contributed by atoms with E-state index in [-0.39, 0.29) is 12.4 Å². The molecular weight excluding hydrogens is 248 g/mol. The molecule has 0 saturated heterocycles. The number of carbonyl (C=O) groups is 1. The number of carbonyl (C=O) groups excluding carboxylic acids is 1. The van der Waals surface area contributed by atoms with Crippen LogP contribution in [-0.4, -0.2) is 12.4 Å². The summed E-state index contributed by atoms with van der Waals surface area (Å²) in [6, 6.07) is 13.8. The summed E-state index contributed by atoms with van der Waals surface area (Å²) in [7, 11) is 0. The third kappa shape index (κ3) is 2.74. The van der Waals surface area contributed by atoms with Crippen molar-refractivity contribution in [3.8, 4) is 5.75 Å². The van der Waals surface area contributed by atoms with Crippen LogP contribution in [0.4, 0.5) is 0 Å². The van der Waals surface area contributed by atoms with E-state index in [1.165, 1.54) is 23.1 Å². The molecule has 0 amide bonds. The Morgan fingerprint density at radius 3 is 2.60 bits per heavy atom. The summed E-state index contributed by atoms with van der Waals surface area (Å²) < 4.78 is 5.55. The molecule has 0 atom stereocenters. The van der Waals surface area contributed by atoms with Crippen molar-refractivity contribution < 1.29 is 9.53 Å². The summed E-state index contributed by atoms with van der Waals surface area (Å²) in [5.41, 5.74) is 4.66. The molecule has 20 heavy (non-hydrogen) atoms. The Morgan fingerprint density at radius 2 is 1.80 bits per heavy atom. The number of ketones is 1. The van der Waals surface area contributed by atoms with Crippen LogP contribution in [0.2, 0.25) is 0 Å². The summed E-state index contributed by atoms with van der Waals surface area (Å²) in [6.45, 7) is 2.13. The highest BCUT2D eigenvalue weighted by molar-refractivity contribution is 5.97. The Balaban J connectivity index is 1.66. The van der Waals surface area contributed by atoms with Gasteiger partial charge in [0.15, 0.2) is 12.4 Å². The molecule has 0 spiro atoms. The van der Waals surface area contributed by atoms with Gasteiger partial charge in [0.05, 0.1) is 0 Å². The minimum atomic E-state index is 0.0419. The van der Waals surface area contributed by atoms with E-state index >= 15 is 0 Å². The number of hydrogen-bond acceptors (Lipinski definition) is 2. The quantitative estimate of drug-likeness (QED) is 0.788. The minimum Gasteiger partial charge on any atom is -0.485 e. The fourth-order valence-corrected chi connectivity index (χ4v) is 2.61. The highest BCUT2D eigenvalue weighted by atomic mass is 16.5. The summed E-state index contributed by atoms with van der Waals surface area (Å²) in [6.07, 6.45) is 3.44. The maximum atomic E-state index is 12.2. The number of fused-ring (bicyclic) bond motifs is 1. The maximum absolute atomic E-state index is 12.2. The largest absolute Gasteiger partial charge is 0.485 e. The fourth-order valence-electron chi connectivity index (χ4n) is 2.61. The van der Waals surface area contributed by atoms with Crippen LogP contribution in [0.25, 0.3) is 0 Å². The molecule has 0 unspecified atom stereocenters. The lowest BCUT2D eigenvalue weighted by atomic mass is 10.0. The van der Waals surface area contributed by atoms with E-state index < -0.39 is 0 Å². The first-order valence-electron chi connectivity index (χ1n) is 7.07. The molecule has 2 nitrogen and oxygen atoms in total. The molecule has 0 fully saturated rings. The number of Topliss-reactive ketones (excluding diaryl/α,β-unsaturated/α-hetero) is 1. The topological polar surface area (TPSA) is 26.3 Å². The van der Waals surface area contributed by atoms with Crippen molar-refractivity contribution >= 4 is 5.78 Å². The standard InChI is InChI=1S/C18H18O2/c1-13-5-9-17(10-6-13)20-12-18(19)16-8-7-14-3-2-4-15(14)11-16/h5-11H,2-4,12H2,1H3. The molecule has 0 heterocycles. The first-order valence-corrected chi connectivity index (χ1v) is 7.07. The molecule has 1 aliphatic rings. The van der Waals surface area contributed by atoms with Gasteiger partial charge in [0.25, 0.3) is 0 Å². The van der Waals surface area contributed by atoms with E-state index in [0.29, 0.717) is 0 Å². The number of hydrogen-bond donors (Lipinski definition) is 0. The van der Waals surface area contributed by atoms with Gasteiger partial charge in [-0.2, -0.15) is 0 Å². The lowest BCUT2D eigenvalue weighted by Crippen LogP contribution is -2.12. The Bertz CT molecular complexity index is 626.